The first kappa shape index (κ1) is 17.1. The topological polar surface area (TPSA) is 60.2 Å². The van der Waals surface area contributed by atoms with Gasteiger partial charge in [0.05, 0.1) is 22.8 Å². The van der Waals surface area contributed by atoms with Crippen molar-refractivity contribution in [2.45, 2.75) is 50.1 Å². The van der Waals surface area contributed by atoms with E-state index in [2.05, 4.69) is 26.2 Å². The van der Waals surface area contributed by atoms with Crippen molar-refractivity contribution in [2.75, 3.05) is 18.8 Å². The minimum absolute atomic E-state index is 0.0956. The van der Waals surface area contributed by atoms with Crippen molar-refractivity contribution in [1.29, 1.82) is 0 Å². The van der Waals surface area contributed by atoms with Crippen molar-refractivity contribution in [3.8, 4) is 10.7 Å². The monoisotopic (exact) mass is 378 g/mol. The van der Waals surface area contributed by atoms with Gasteiger partial charge in [0.2, 0.25) is 5.91 Å². The predicted octanol–water partition coefficient (Wildman–Crippen LogP) is 3.07. The van der Waals surface area contributed by atoms with Crippen LogP contribution in [0.1, 0.15) is 32.7 Å². The van der Waals surface area contributed by atoms with Gasteiger partial charge in [-0.25, -0.2) is 0 Å². The van der Waals surface area contributed by atoms with E-state index in [1.54, 1.807) is 11.3 Å². The summed E-state index contributed by atoms with van der Waals surface area (Å²) in [5, 5.41) is 11.7. The predicted molar refractivity (Wildman–Crippen MR) is 98.9 cm³/mol. The van der Waals surface area contributed by atoms with Crippen LogP contribution in [0.2, 0.25) is 0 Å². The molecule has 0 aromatic carbocycles. The van der Waals surface area contributed by atoms with Gasteiger partial charge in [-0.05, 0) is 38.1 Å². The zero-order valence-corrected chi connectivity index (χ0v) is 16.1. The van der Waals surface area contributed by atoms with Crippen molar-refractivity contribution >= 4 is 29.0 Å². The van der Waals surface area contributed by atoms with Gasteiger partial charge in [-0.1, -0.05) is 17.8 Å². The number of carbonyl (C=O) groups excluding carboxylic acids is 1. The fraction of sp³-hybridized carbons (Fsp3) is 0.588. The molecule has 0 N–H and O–H groups in total. The first-order valence-corrected chi connectivity index (χ1v) is 10.5. The van der Waals surface area contributed by atoms with Crippen LogP contribution in [-0.2, 0) is 9.53 Å². The molecule has 0 bridgehead atoms. The summed E-state index contributed by atoms with van der Waals surface area (Å²) in [5.74, 6) is 1.48. The number of hydrogen-bond acceptors (Lipinski definition) is 6. The summed E-state index contributed by atoms with van der Waals surface area (Å²) in [6.07, 6.45) is 2.52. The molecule has 0 spiro atoms. The van der Waals surface area contributed by atoms with Crippen LogP contribution in [0.15, 0.2) is 22.7 Å². The van der Waals surface area contributed by atoms with E-state index >= 15 is 0 Å². The fourth-order valence-corrected chi connectivity index (χ4v) is 4.82. The summed E-state index contributed by atoms with van der Waals surface area (Å²) in [4.78, 5) is 15.6. The van der Waals surface area contributed by atoms with E-state index in [4.69, 9.17) is 4.74 Å². The van der Waals surface area contributed by atoms with E-state index in [1.165, 1.54) is 11.8 Å². The Morgan fingerprint density at radius 2 is 2.08 bits per heavy atom. The van der Waals surface area contributed by atoms with Gasteiger partial charge in [0, 0.05) is 19.1 Å². The van der Waals surface area contributed by atoms with Gasteiger partial charge in [0.25, 0.3) is 0 Å². The van der Waals surface area contributed by atoms with E-state index < -0.39 is 0 Å². The zero-order valence-electron chi connectivity index (χ0n) is 14.4. The molecular formula is C17H22N4O2S2. The average Bonchev–Trinajstić information content (AvgIpc) is 3.10. The van der Waals surface area contributed by atoms with Crippen LogP contribution in [0, 0.1) is 0 Å². The third-order valence-corrected chi connectivity index (χ3v) is 6.21. The molecule has 2 fully saturated rings. The summed E-state index contributed by atoms with van der Waals surface area (Å²) in [7, 11) is 0. The maximum Gasteiger partial charge on any atom is 0.233 e. The molecule has 1 amide bonds. The normalized spacial score (nSPS) is 23.8. The lowest BCUT2D eigenvalue weighted by atomic mass is 10.2. The highest BCUT2D eigenvalue weighted by Gasteiger charge is 2.31. The van der Waals surface area contributed by atoms with Gasteiger partial charge in [-0.2, -0.15) is 0 Å². The molecule has 3 heterocycles. The highest BCUT2D eigenvalue weighted by molar-refractivity contribution is 7.99. The maximum absolute atomic E-state index is 12.6. The SMILES string of the molecule is CC1CN(C(=O)CSc2nnc(-c3cccs3)n2C2CC2)CC(C)O1. The summed E-state index contributed by atoms with van der Waals surface area (Å²) in [6, 6.07) is 4.58. The molecule has 4 rings (SSSR count). The van der Waals surface area contributed by atoms with Crippen molar-refractivity contribution in [3.05, 3.63) is 17.5 Å². The summed E-state index contributed by atoms with van der Waals surface area (Å²) in [5.41, 5.74) is 0. The number of thiophene rings is 1. The number of aromatic nitrogens is 3. The maximum atomic E-state index is 12.6. The Labute approximate surface area is 155 Å². The van der Waals surface area contributed by atoms with Gasteiger partial charge >= 0.3 is 0 Å². The van der Waals surface area contributed by atoms with Crippen LogP contribution in [0.5, 0.6) is 0 Å². The molecule has 2 aromatic heterocycles. The molecule has 134 valence electrons. The Hall–Kier alpha value is -1.38. The van der Waals surface area contributed by atoms with Crippen molar-refractivity contribution in [2.24, 2.45) is 0 Å². The second-order valence-electron chi connectivity index (χ2n) is 6.73. The first-order chi connectivity index (χ1) is 12.1. The van der Waals surface area contributed by atoms with E-state index in [0.717, 1.165) is 28.7 Å². The summed E-state index contributed by atoms with van der Waals surface area (Å²) >= 11 is 3.17. The number of morpholine rings is 1. The second kappa shape index (κ2) is 7.09. The number of amides is 1. The van der Waals surface area contributed by atoms with Crippen molar-refractivity contribution < 1.29 is 9.53 Å². The largest absolute Gasteiger partial charge is 0.372 e. The molecule has 1 aliphatic heterocycles. The Bertz CT molecular complexity index is 732. The van der Waals surface area contributed by atoms with Crippen molar-refractivity contribution in [1.82, 2.24) is 19.7 Å². The number of hydrogen-bond donors (Lipinski definition) is 0. The smallest absolute Gasteiger partial charge is 0.233 e. The standard InChI is InChI=1S/C17H22N4O2S2/c1-11-8-20(9-12(2)23-11)15(22)10-25-17-19-18-16(14-4-3-7-24-14)21(17)13-5-6-13/h3-4,7,11-13H,5-6,8-10H2,1-2H3. The molecule has 2 aromatic rings. The number of nitrogens with zero attached hydrogens (tertiary/aromatic N) is 4. The fourth-order valence-electron chi connectivity index (χ4n) is 3.21. The Balaban J connectivity index is 1.45. The van der Waals surface area contributed by atoms with Crippen LogP contribution in [-0.4, -0.2) is 56.6 Å². The quantitative estimate of drug-likeness (QED) is 0.749. The molecule has 6 nitrogen and oxygen atoms in total. The van der Waals surface area contributed by atoms with Gasteiger partial charge < -0.3 is 9.64 Å². The summed E-state index contributed by atoms with van der Waals surface area (Å²) in [6.45, 7) is 5.36. The van der Waals surface area contributed by atoms with Crippen LogP contribution in [0.25, 0.3) is 10.7 Å². The lowest BCUT2D eigenvalue weighted by molar-refractivity contribution is -0.140. The molecule has 2 aliphatic rings. The highest BCUT2D eigenvalue weighted by Crippen LogP contribution is 2.41. The van der Waals surface area contributed by atoms with Crippen LogP contribution < -0.4 is 0 Å². The van der Waals surface area contributed by atoms with Gasteiger partial charge in [0.1, 0.15) is 0 Å². The lowest BCUT2D eigenvalue weighted by Gasteiger charge is -2.35. The third kappa shape index (κ3) is 3.75. The molecule has 1 saturated heterocycles. The molecule has 0 radical (unpaired) electrons. The van der Waals surface area contributed by atoms with Gasteiger partial charge in [0.15, 0.2) is 11.0 Å². The zero-order chi connectivity index (χ0) is 17.4. The molecule has 2 atom stereocenters. The molecule has 25 heavy (non-hydrogen) atoms. The second-order valence-corrected chi connectivity index (χ2v) is 8.62. The van der Waals surface area contributed by atoms with Crippen LogP contribution in [0.3, 0.4) is 0 Å². The van der Waals surface area contributed by atoms with E-state index in [1.807, 2.05) is 24.8 Å². The summed E-state index contributed by atoms with van der Waals surface area (Å²) < 4.78 is 7.92. The average molecular weight is 379 g/mol. The Morgan fingerprint density at radius 1 is 1.32 bits per heavy atom. The number of thioether (sulfide) groups is 1. The van der Waals surface area contributed by atoms with Crippen molar-refractivity contribution in [3.63, 3.8) is 0 Å². The minimum atomic E-state index is 0.0956. The highest BCUT2D eigenvalue weighted by atomic mass is 32.2. The Kier molecular flexibility index (Phi) is 4.84. The van der Waals surface area contributed by atoms with Gasteiger partial charge in [-0.15, -0.1) is 21.5 Å². The van der Waals surface area contributed by atoms with E-state index in [0.29, 0.717) is 24.9 Å². The number of rotatable bonds is 5. The minimum Gasteiger partial charge on any atom is -0.372 e. The molecule has 1 aliphatic carbocycles. The molecule has 2 unspecified atom stereocenters. The number of ether oxygens (including phenoxy) is 1. The Morgan fingerprint density at radius 3 is 2.72 bits per heavy atom. The van der Waals surface area contributed by atoms with E-state index in [9.17, 15) is 4.79 Å². The van der Waals surface area contributed by atoms with E-state index in [-0.39, 0.29) is 18.1 Å². The van der Waals surface area contributed by atoms with Crippen LogP contribution in [0.4, 0.5) is 0 Å². The first-order valence-electron chi connectivity index (χ1n) is 8.66. The molecule has 1 saturated carbocycles. The molecule has 8 heteroatoms. The van der Waals surface area contributed by atoms with Crippen LogP contribution >= 0.6 is 23.1 Å². The van der Waals surface area contributed by atoms with Gasteiger partial charge in [-0.3, -0.25) is 9.36 Å². The third-order valence-electron chi connectivity index (χ3n) is 4.42. The lowest BCUT2D eigenvalue weighted by Crippen LogP contribution is -2.48. The molecular weight excluding hydrogens is 356 g/mol. The number of carbonyl (C=O) groups is 1.